The molecule has 1 heterocycles. The van der Waals surface area contributed by atoms with E-state index in [1.165, 1.54) is 22.3 Å². The predicted molar refractivity (Wildman–Crippen MR) is 67.0 cm³/mol. The van der Waals surface area contributed by atoms with Gasteiger partial charge in [0.1, 0.15) is 0 Å². The highest BCUT2D eigenvalue weighted by molar-refractivity contribution is 6.43. The third kappa shape index (κ3) is 0.878. The zero-order valence-electron chi connectivity index (χ0n) is 8.64. The van der Waals surface area contributed by atoms with Crippen LogP contribution in [0.3, 0.4) is 0 Å². The molecule has 1 aliphatic heterocycles. The normalized spacial score (nSPS) is 15.0. The van der Waals surface area contributed by atoms with Crippen LogP contribution in [0, 0.1) is 0 Å². The molecule has 2 aromatic carbocycles. The van der Waals surface area contributed by atoms with Crippen LogP contribution in [0.25, 0.3) is 11.6 Å². The van der Waals surface area contributed by atoms with E-state index in [4.69, 9.17) is 4.99 Å². The van der Waals surface area contributed by atoms with Gasteiger partial charge in [-0.25, -0.2) is 4.99 Å². The molecule has 0 radical (unpaired) electrons. The third-order valence-electron chi connectivity index (χ3n) is 3.20. The highest BCUT2D eigenvalue weighted by atomic mass is 14.8. The number of hydrogen-bond acceptors (Lipinski definition) is 1. The van der Waals surface area contributed by atoms with Crippen LogP contribution in [0.1, 0.15) is 16.7 Å². The second-order valence-corrected chi connectivity index (χ2v) is 4.12. The van der Waals surface area contributed by atoms with Crippen molar-refractivity contribution in [3.63, 3.8) is 0 Å². The van der Waals surface area contributed by atoms with Gasteiger partial charge in [0.05, 0.1) is 11.4 Å². The average Bonchev–Trinajstić information content (AvgIpc) is 2.85. The van der Waals surface area contributed by atoms with Gasteiger partial charge in [0.25, 0.3) is 0 Å². The SMILES string of the molecule is C1=C2C(=Nc3ccccc32)c2ccccc21. The summed E-state index contributed by atoms with van der Waals surface area (Å²) in [7, 11) is 0. The summed E-state index contributed by atoms with van der Waals surface area (Å²) in [4.78, 5) is 4.70. The lowest BCUT2D eigenvalue weighted by molar-refractivity contribution is 1.52. The van der Waals surface area contributed by atoms with Crippen LogP contribution in [-0.4, -0.2) is 5.71 Å². The molecule has 0 spiro atoms. The van der Waals surface area contributed by atoms with Crippen molar-refractivity contribution in [2.75, 3.05) is 0 Å². The van der Waals surface area contributed by atoms with Crippen molar-refractivity contribution in [3.8, 4) is 0 Å². The van der Waals surface area contributed by atoms with E-state index < -0.39 is 0 Å². The Labute approximate surface area is 93.8 Å². The van der Waals surface area contributed by atoms with E-state index in [2.05, 4.69) is 48.5 Å². The van der Waals surface area contributed by atoms with Crippen molar-refractivity contribution in [1.82, 2.24) is 0 Å². The largest absolute Gasteiger partial charge is 0.247 e. The fourth-order valence-electron chi connectivity index (χ4n) is 2.45. The van der Waals surface area contributed by atoms with E-state index >= 15 is 0 Å². The lowest BCUT2D eigenvalue weighted by atomic mass is 10.0. The van der Waals surface area contributed by atoms with Gasteiger partial charge in [-0.15, -0.1) is 0 Å². The lowest BCUT2D eigenvalue weighted by Gasteiger charge is -1.96. The zero-order valence-corrected chi connectivity index (χ0v) is 8.64. The number of aliphatic imine (C=N–C) groups is 1. The molecule has 0 amide bonds. The zero-order chi connectivity index (χ0) is 10.5. The van der Waals surface area contributed by atoms with Crippen LogP contribution >= 0.6 is 0 Å². The summed E-state index contributed by atoms with van der Waals surface area (Å²) in [5.41, 5.74) is 7.31. The van der Waals surface area contributed by atoms with Gasteiger partial charge in [0.15, 0.2) is 0 Å². The van der Waals surface area contributed by atoms with Crippen LogP contribution in [0.5, 0.6) is 0 Å². The molecule has 0 N–H and O–H groups in total. The van der Waals surface area contributed by atoms with E-state index in [0.29, 0.717) is 0 Å². The number of benzene rings is 2. The summed E-state index contributed by atoms with van der Waals surface area (Å²) in [5.74, 6) is 0. The molecule has 1 heteroatoms. The summed E-state index contributed by atoms with van der Waals surface area (Å²) in [6, 6.07) is 16.8. The molecular weight excluding hydrogens is 194 g/mol. The van der Waals surface area contributed by atoms with E-state index in [1.54, 1.807) is 0 Å². The molecule has 0 bridgehead atoms. The number of rotatable bonds is 0. The number of fused-ring (bicyclic) bond motifs is 5. The Morgan fingerprint density at radius 2 is 1.50 bits per heavy atom. The van der Waals surface area contributed by atoms with E-state index in [1.807, 2.05) is 6.07 Å². The molecule has 0 aromatic heterocycles. The Kier molecular flexibility index (Phi) is 1.36. The number of hydrogen-bond donors (Lipinski definition) is 0. The summed E-state index contributed by atoms with van der Waals surface area (Å²) in [6.45, 7) is 0. The highest BCUT2D eigenvalue weighted by Crippen LogP contribution is 2.42. The van der Waals surface area contributed by atoms with Gasteiger partial charge in [-0.05, 0) is 17.7 Å². The van der Waals surface area contributed by atoms with Crippen LogP contribution in [-0.2, 0) is 0 Å². The van der Waals surface area contributed by atoms with Gasteiger partial charge in [0.2, 0.25) is 0 Å². The molecule has 1 nitrogen and oxygen atoms in total. The van der Waals surface area contributed by atoms with E-state index in [0.717, 1.165) is 11.4 Å². The molecule has 0 fully saturated rings. The smallest absolute Gasteiger partial charge is 0.0794 e. The van der Waals surface area contributed by atoms with Crippen molar-refractivity contribution in [2.24, 2.45) is 4.99 Å². The minimum absolute atomic E-state index is 1.10. The van der Waals surface area contributed by atoms with Crippen molar-refractivity contribution in [1.29, 1.82) is 0 Å². The summed E-state index contributed by atoms with van der Waals surface area (Å²) < 4.78 is 0. The lowest BCUT2D eigenvalue weighted by Crippen LogP contribution is -1.94. The van der Waals surface area contributed by atoms with Gasteiger partial charge in [0, 0.05) is 16.7 Å². The standard InChI is InChI=1S/C15H9N/c1-2-6-11-10(5-1)9-13-12-7-3-4-8-14(12)16-15(11)13/h1-9H. The molecule has 2 aliphatic rings. The first-order chi connectivity index (χ1) is 7.93. The molecule has 0 atom stereocenters. The second-order valence-electron chi connectivity index (χ2n) is 4.12. The van der Waals surface area contributed by atoms with Gasteiger partial charge < -0.3 is 0 Å². The quantitative estimate of drug-likeness (QED) is 0.619. The van der Waals surface area contributed by atoms with Gasteiger partial charge in [-0.1, -0.05) is 42.5 Å². The van der Waals surface area contributed by atoms with Crippen LogP contribution in [0.15, 0.2) is 53.5 Å². The Morgan fingerprint density at radius 3 is 2.44 bits per heavy atom. The second kappa shape index (κ2) is 2.70. The van der Waals surface area contributed by atoms with Gasteiger partial charge in [-0.2, -0.15) is 0 Å². The Balaban J connectivity index is 2.03. The first-order valence-corrected chi connectivity index (χ1v) is 5.43. The fourth-order valence-corrected chi connectivity index (χ4v) is 2.45. The Morgan fingerprint density at radius 1 is 0.750 bits per heavy atom. The van der Waals surface area contributed by atoms with Crippen LogP contribution in [0.4, 0.5) is 5.69 Å². The van der Waals surface area contributed by atoms with Crippen LogP contribution in [0.2, 0.25) is 0 Å². The molecule has 1 aliphatic carbocycles. The Bertz CT molecular complexity index is 603. The van der Waals surface area contributed by atoms with Gasteiger partial charge >= 0.3 is 0 Å². The van der Waals surface area contributed by atoms with Crippen molar-refractivity contribution in [3.05, 3.63) is 65.2 Å². The minimum Gasteiger partial charge on any atom is -0.247 e. The maximum Gasteiger partial charge on any atom is 0.0794 e. The maximum atomic E-state index is 4.70. The maximum absolute atomic E-state index is 4.70. The molecule has 0 saturated heterocycles. The topological polar surface area (TPSA) is 12.4 Å². The molecule has 74 valence electrons. The first-order valence-electron chi connectivity index (χ1n) is 5.43. The summed E-state index contributed by atoms with van der Waals surface area (Å²) >= 11 is 0. The molecule has 4 rings (SSSR count). The molecule has 16 heavy (non-hydrogen) atoms. The highest BCUT2D eigenvalue weighted by Gasteiger charge is 2.27. The van der Waals surface area contributed by atoms with E-state index in [-0.39, 0.29) is 0 Å². The molecule has 2 aromatic rings. The third-order valence-corrected chi connectivity index (χ3v) is 3.20. The average molecular weight is 203 g/mol. The minimum atomic E-state index is 1.10. The monoisotopic (exact) mass is 203 g/mol. The number of para-hydroxylation sites is 1. The summed E-state index contributed by atoms with van der Waals surface area (Å²) in [5, 5.41) is 0. The van der Waals surface area contributed by atoms with Crippen molar-refractivity contribution >= 4 is 23.0 Å². The van der Waals surface area contributed by atoms with E-state index in [9.17, 15) is 0 Å². The van der Waals surface area contributed by atoms with Crippen molar-refractivity contribution in [2.45, 2.75) is 0 Å². The van der Waals surface area contributed by atoms with Crippen LogP contribution < -0.4 is 0 Å². The summed E-state index contributed by atoms with van der Waals surface area (Å²) in [6.07, 6.45) is 2.24. The fraction of sp³-hybridized carbons (Fsp3) is 0. The van der Waals surface area contributed by atoms with Crippen molar-refractivity contribution < 1.29 is 0 Å². The molecular formula is C15H9N. The molecule has 0 unspecified atom stereocenters. The number of nitrogens with zero attached hydrogens (tertiary/aromatic N) is 1. The first kappa shape index (κ1) is 8.05. The predicted octanol–water partition coefficient (Wildman–Crippen LogP) is 3.68. The molecule has 0 saturated carbocycles. The van der Waals surface area contributed by atoms with Gasteiger partial charge in [-0.3, -0.25) is 0 Å². The Hall–Kier alpha value is -2.15. The number of allylic oxidation sites excluding steroid dienone is 1.